The zero-order valence-electron chi connectivity index (χ0n) is 11.7. The molecule has 1 heterocycles. The topological polar surface area (TPSA) is 46.6 Å². The van der Waals surface area contributed by atoms with E-state index in [1.165, 1.54) is 4.90 Å². The standard InChI is InChI=1S/C16H19NO3/c1-2-14(18)17-15(19)12-8-4-5-9-13(12)20-16(17)10-6-3-7-11-16/h4-5,8-9H,2-3,6-7,10-11H2,1H3. The van der Waals surface area contributed by atoms with E-state index in [9.17, 15) is 9.59 Å². The lowest BCUT2D eigenvalue weighted by molar-refractivity contribution is -0.153. The quantitative estimate of drug-likeness (QED) is 0.789. The van der Waals surface area contributed by atoms with Gasteiger partial charge in [0.2, 0.25) is 5.91 Å². The zero-order chi connectivity index (χ0) is 14.2. The van der Waals surface area contributed by atoms with Crippen LogP contribution in [-0.4, -0.2) is 22.4 Å². The van der Waals surface area contributed by atoms with Gasteiger partial charge in [-0.3, -0.25) is 9.59 Å². The Kier molecular flexibility index (Phi) is 3.24. The largest absolute Gasteiger partial charge is 0.467 e. The molecule has 106 valence electrons. The normalized spacial score (nSPS) is 20.4. The molecule has 1 spiro atoms. The van der Waals surface area contributed by atoms with Gasteiger partial charge in [0.05, 0.1) is 5.56 Å². The molecule has 4 nitrogen and oxygen atoms in total. The van der Waals surface area contributed by atoms with Crippen molar-refractivity contribution in [3.8, 4) is 5.75 Å². The fourth-order valence-electron chi connectivity index (χ4n) is 3.22. The fourth-order valence-corrected chi connectivity index (χ4v) is 3.22. The molecule has 1 saturated carbocycles. The number of carbonyl (C=O) groups excluding carboxylic acids is 2. The summed E-state index contributed by atoms with van der Waals surface area (Å²) in [5, 5.41) is 0. The van der Waals surface area contributed by atoms with Gasteiger partial charge >= 0.3 is 0 Å². The summed E-state index contributed by atoms with van der Waals surface area (Å²) in [5.41, 5.74) is -0.262. The molecule has 20 heavy (non-hydrogen) atoms. The molecular weight excluding hydrogens is 254 g/mol. The van der Waals surface area contributed by atoms with Crippen molar-refractivity contribution in [2.24, 2.45) is 0 Å². The van der Waals surface area contributed by atoms with Crippen molar-refractivity contribution in [1.29, 1.82) is 0 Å². The number of fused-ring (bicyclic) bond motifs is 1. The average Bonchev–Trinajstić information content (AvgIpc) is 2.48. The van der Waals surface area contributed by atoms with Crippen molar-refractivity contribution < 1.29 is 14.3 Å². The first-order chi connectivity index (χ1) is 9.68. The third kappa shape index (κ3) is 1.90. The molecule has 1 aliphatic carbocycles. The average molecular weight is 273 g/mol. The number of nitrogens with zero attached hydrogens (tertiary/aromatic N) is 1. The number of hydrogen-bond acceptors (Lipinski definition) is 3. The molecule has 1 fully saturated rings. The fraction of sp³-hybridized carbons (Fsp3) is 0.500. The molecule has 2 amide bonds. The van der Waals surface area contributed by atoms with Crippen molar-refractivity contribution >= 4 is 11.8 Å². The van der Waals surface area contributed by atoms with E-state index in [4.69, 9.17) is 4.74 Å². The van der Waals surface area contributed by atoms with Crippen molar-refractivity contribution in [1.82, 2.24) is 4.90 Å². The molecule has 2 aliphatic rings. The first-order valence-corrected chi connectivity index (χ1v) is 7.33. The Bertz CT molecular complexity index is 546. The van der Waals surface area contributed by atoms with E-state index in [0.717, 1.165) is 32.1 Å². The second-order valence-corrected chi connectivity index (χ2v) is 5.49. The van der Waals surface area contributed by atoms with Gasteiger partial charge in [-0.1, -0.05) is 25.5 Å². The van der Waals surface area contributed by atoms with Crippen LogP contribution >= 0.6 is 0 Å². The van der Waals surface area contributed by atoms with Crippen LogP contribution in [0.3, 0.4) is 0 Å². The van der Waals surface area contributed by atoms with E-state index in [-0.39, 0.29) is 11.8 Å². The number of carbonyl (C=O) groups is 2. The van der Waals surface area contributed by atoms with Gasteiger partial charge in [0.1, 0.15) is 5.75 Å². The number of hydrogen-bond donors (Lipinski definition) is 0. The van der Waals surface area contributed by atoms with Gasteiger partial charge in [0.15, 0.2) is 5.72 Å². The summed E-state index contributed by atoms with van der Waals surface area (Å²) in [6, 6.07) is 7.20. The molecule has 0 atom stereocenters. The van der Waals surface area contributed by atoms with Gasteiger partial charge in [-0.25, -0.2) is 4.90 Å². The van der Waals surface area contributed by atoms with Crippen LogP contribution in [0.1, 0.15) is 55.8 Å². The van der Waals surface area contributed by atoms with Crippen molar-refractivity contribution in [2.75, 3.05) is 0 Å². The summed E-state index contributed by atoms with van der Waals surface area (Å²) in [4.78, 5) is 26.4. The van der Waals surface area contributed by atoms with E-state index < -0.39 is 5.72 Å². The maximum atomic E-state index is 12.7. The maximum Gasteiger partial charge on any atom is 0.267 e. The monoisotopic (exact) mass is 273 g/mol. The summed E-state index contributed by atoms with van der Waals surface area (Å²) in [5.74, 6) is 0.256. The number of imide groups is 1. The Morgan fingerprint density at radius 1 is 1.25 bits per heavy atom. The first-order valence-electron chi connectivity index (χ1n) is 7.33. The van der Waals surface area contributed by atoms with E-state index in [1.807, 2.05) is 12.1 Å². The second-order valence-electron chi connectivity index (χ2n) is 5.49. The highest BCUT2D eigenvalue weighted by Gasteiger charge is 2.49. The predicted molar refractivity (Wildman–Crippen MR) is 74.4 cm³/mol. The summed E-state index contributed by atoms with van der Waals surface area (Å²) in [7, 11) is 0. The van der Waals surface area contributed by atoms with Crippen LogP contribution in [0.25, 0.3) is 0 Å². The van der Waals surface area contributed by atoms with Gasteiger partial charge < -0.3 is 4.74 Å². The smallest absolute Gasteiger partial charge is 0.267 e. The minimum atomic E-state index is -0.753. The van der Waals surface area contributed by atoms with Crippen molar-refractivity contribution in [2.45, 2.75) is 51.2 Å². The number of ether oxygens (including phenoxy) is 1. The Labute approximate surface area is 118 Å². The highest BCUT2D eigenvalue weighted by Crippen LogP contribution is 2.42. The third-order valence-electron chi connectivity index (χ3n) is 4.21. The van der Waals surface area contributed by atoms with Crippen LogP contribution in [0.2, 0.25) is 0 Å². The highest BCUT2D eigenvalue weighted by molar-refractivity contribution is 6.07. The molecule has 0 saturated heterocycles. The van der Waals surface area contributed by atoms with Crippen LogP contribution in [0.5, 0.6) is 5.75 Å². The van der Waals surface area contributed by atoms with Crippen LogP contribution < -0.4 is 4.74 Å². The molecule has 0 aromatic heterocycles. The first kappa shape index (κ1) is 13.2. The zero-order valence-corrected chi connectivity index (χ0v) is 11.7. The Morgan fingerprint density at radius 3 is 2.65 bits per heavy atom. The summed E-state index contributed by atoms with van der Waals surface area (Å²) >= 11 is 0. The lowest BCUT2D eigenvalue weighted by atomic mass is 9.88. The summed E-state index contributed by atoms with van der Waals surface area (Å²) in [6.45, 7) is 1.78. The predicted octanol–water partition coefficient (Wildman–Crippen LogP) is 3.12. The van der Waals surface area contributed by atoms with Crippen LogP contribution in [0.4, 0.5) is 0 Å². The summed E-state index contributed by atoms with van der Waals surface area (Å²) in [6.07, 6.45) is 4.90. The Morgan fingerprint density at radius 2 is 1.95 bits per heavy atom. The summed E-state index contributed by atoms with van der Waals surface area (Å²) < 4.78 is 6.15. The number of para-hydroxylation sites is 1. The molecule has 0 bridgehead atoms. The molecule has 0 radical (unpaired) electrons. The van der Waals surface area contributed by atoms with Gasteiger partial charge in [-0.2, -0.15) is 0 Å². The molecule has 0 unspecified atom stereocenters. The van der Waals surface area contributed by atoms with Gasteiger partial charge in [0.25, 0.3) is 5.91 Å². The SMILES string of the molecule is CCC(=O)N1C(=O)c2ccccc2OC12CCCCC2. The molecular formula is C16H19NO3. The molecule has 1 aliphatic heterocycles. The van der Waals surface area contributed by atoms with E-state index in [0.29, 0.717) is 17.7 Å². The molecule has 1 aromatic rings. The van der Waals surface area contributed by atoms with Crippen LogP contribution in [0, 0.1) is 0 Å². The van der Waals surface area contributed by atoms with Crippen LogP contribution in [0.15, 0.2) is 24.3 Å². The van der Waals surface area contributed by atoms with E-state index in [1.54, 1.807) is 19.1 Å². The third-order valence-corrected chi connectivity index (χ3v) is 4.21. The molecule has 0 N–H and O–H groups in total. The number of benzene rings is 1. The highest BCUT2D eigenvalue weighted by atomic mass is 16.5. The van der Waals surface area contributed by atoms with Gasteiger partial charge in [-0.15, -0.1) is 0 Å². The van der Waals surface area contributed by atoms with Gasteiger partial charge in [-0.05, 0) is 25.0 Å². The lowest BCUT2D eigenvalue weighted by Crippen LogP contribution is -2.61. The minimum absolute atomic E-state index is 0.147. The maximum absolute atomic E-state index is 12.7. The van der Waals surface area contributed by atoms with Crippen LogP contribution in [-0.2, 0) is 4.79 Å². The minimum Gasteiger partial charge on any atom is -0.467 e. The Hall–Kier alpha value is -1.84. The lowest BCUT2D eigenvalue weighted by Gasteiger charge is -2.47. The van der Waals surface area contributed by atoms with E-state index >= 15 is 0 Å². The molecule has 3 rings (SSSR count). The number of amides is 2. The van der Waals surface area contributed by atoms with Crippen molar-refractivity contribution in [3.05, 3.63) is 29.8 Å². The van der Waals surface area contributed by atoms with E-state index in [2.05, 4.69) is 0 Å². The molecule has 1 aromatic carbocycles. The molecule has 4 heteroatoms. The second kappa shape index (κ2) is 4.93. The van der Waals surface area contributed by atoms with Crippen molar-refractivity contribution in [3.63, 3.8) is 0 Å². The number of rotatable bonds is 1. The van der Waals surface area contributed by atoms with Gasteiger partial charge in [0, 0.05) is 19.3 Å². The Balaban J connectivity index is 2.08.